The summed E-state index contributed by atoms with van der Waals surface area (Å²) in [5, 5.41) is 15.5. The number of rotatable bonds is 6. The molecule has 150 valence electrons. The molecule has 1 aromatic heterocycles. The van der Waals surface area contributed by atoms with Gasteiger partial charge in [-0.3, -0.25) is 4.79 Å². The van der Waals surface area contributed by atoms with Crippen molar-refractivity contribution in [3.8, 4) is 17.6 Å². The summed E-state index contributed by atoms with van der Waals surface area (Å²) < 4.78 is 15.6. The maximum atomic E-state index is 12.3. The highest BCUT2D eigenvalue weighted by atomic mass is 16.6. The number of aryl methyl sites for hydroxylation is 1. The summed E-state index contributed by atoms with van der Waals surface area (Å²) in [4.78, 5) is 24.6. The van der Waals surface area contributed by atoms with Gasteiger partial charge in [-0.15, -0.1) is 0 Å². The van der Waals surface area contributed by atoms with Gasteiger partial charge in [0.15, 0.2) is 17.3 Å². The highest BCUT2D eigenvalue weighted by Crippen LogP contribution is 2.29. The van der Waals surface area contributed by atoms with E-state index in [-0.39, 0.29) is 22.9 Å². The molecule has 0 aliphatic heterocycles. The summed E-state index contributed by atoms with van der Waals surface area (Å²) in [6.07, 6.45) is 1.38. The molecule has 0 radical (unpaired) electrons. The predicted octanol–water partition coefficient (Wildman–Crippen LogP) is 3.76. The number of anilines is 1. The van der Waals surface area contributed by atoms with Crippen molar-refractivity contribution in [1.29, 1.82) is 5.26 Å². The summed E-state index contributed by atoms with van der Waals surface area (Å²) in [5.74, 6) is 0.0569. The van der Waals surface area contributed by atoms with Crippen LogP contribution in [0.3, 0.4) is 0 Å². The van der Waals surface area contributed by atoms with E-state index in [1.54, 1.807) is 49.4 Å². The van der Waals surface area contributed by atoms with Crippen molar-refractivity contribution in [2.45, 2.75) is 6.92 Å². The number of aromatic nitrogens is 1. The zero-order valence-corrected chi connectivity index (χ0v) is 16.2. The van der Waals surface area contributed by atoms with Crippen LogP contribution in [0.15, 0.2) is 64.7 Å². The third kappa shape index (κ3) is 4.91. The minimum absolute atomic E-state index is 0.147. The number of carbonyl (C=O) groups excluding carboxylic acids is 2. The van der Waals surface area contributed by atoms with Crippen molar-refractivity contribution in [2.24, 2.45) is 0 Å². The molecule has 3 aromatic rings. The van der Waals surface area contributed by atoms with Gasteiger partial charge in [-0.05, 0) is 42.8 Å². The lowest BCUT2D eigenvalue weighted by atomic mass is 10.1. The standard InChI is InChI=1S/C22H17N3O5/c1-14-10-20(25-30-14)24-21(26)17(13-23)11-15-8-9-18(19(12-15)28-2)29-22(27)16-6-4-3-5-7-16/h3-12H,1-2H3,(H,24,25,26)/b17-11-. The van der Waals surface area contributed by atoms with Gasteiger partial charge in [0.2, 0.25) is 0 Å². The van der Waals surface area contributed by atoms with Crippen LogP contribution in [0, 0.1) is 18.3 Å². The topological polar surface area (TPSA) is 114 Å². The van der Waals surface area contributed by atoms with Crippen LogP contribution in [-0.4, -0.2) is 24.1 Å². The molecule has 0 fully saturated rings. The maximum absolute atomic E-state index is 12.3. The van der Waals surface area contributed by atoms with E-state index in [0.29, 0.717) is 16.9 Å². The molecule has 1 heterocycles. The number of amides is 1. The van der Waals surface area contributed by atoms with Crippen LogP contribution in [0.5, 0.6) is 11.5 Å². The van der Waals surface area contributed by atoms with Crippen LogP contribution < -0.4 is 14.8 Å². The fraction of sp³-hybridized carbons (Fsp3) is 0.0909. The van der Waals surface area contributed by atoms with Crippen molar-refractivity contribution in [2.75, 3.05) is 12.4 Å². The van der Waals surface area contributed by atoms with Crippen LogP contribution in [0.1, 0.15) is 21.7 Å². The number of benzene rings is 2. The highest BCUT2D eigenvalue weighted by Gasteiger charge is 2.15. The van der Waals surface area contributed by atoms with Gasteiger partial charge in [-0.1, -0.05) is 29.4 Å². The molecule has 0 saturated carbocycles. The number of nitrogens with one attached hydrogen (secondary N) is 1. The van der Waals surface area contributed by atoms with Gasteiger partial charge in [-0.2, -0.15) is 5.26 Å². The normalized spacial score (nSPS) is 10.8. The van der Waals surface area contributed by atoms with Crippen LogP contribution in [0.4, 0.5) is 5.82 Å². The SMILES string of the molecule is COc1cc(/C=C(/C#N)C(=O)Nc2cc(C)on2)ccc1OC(=O)c1ccccc1. The molecular formula is C22H17N3O5. The fourth-order valence-electron chi connectivity index (χ4n) is 2.52. The first-order valence-electron chi connectivity index (χ1n) is 8.82. The van der Waals surface area contributed by atoms with Crippen molar-refractivity contribution in [3.63, 3.8) is 0 Å². The Hall–Kier alpha value is -4.38. The number of carbonyl (C=O) groups is 2. The Labute approximate surface area is 172 Å². The van der Waals surface area contributed by atoms with Gasteiger partial charge < -0.3 is 19.3 Å². The second-order valence-corrected chi connectivity index (χ2v) is 6.11. The molecule has 0 unspecified atom stereocenters. The Bertz CT molecular complexity index is 1140. The van der Waals surface area contributed by atoms with Crippen molar-refractivity contribution >= 4 is 23.8 Å². The quantitative estimate of drug-likeness (QED) is 0.288. The average molecular weight is 403 g/mol. The molecule has 30 heavy (non-hydrogen) atoms. The van der Waals surface area contributed by atoms with Gasteiger partial charge in [0.25, 0.3) is 5.91 Å². The van der Waals surface area contributed by atoms with E-state index in [4.69, 9.17) is 14.0 Å². The smallest absolute Gasteiger partial charge is 0.343 e. The lowest BCUT2D eigenvalue weighted by Crippen LogP contribution is -2.13. The minimum atomic E-state index is -0.635. The maximum Gasteiger partial charge on any atom is 0.343 e. The number of nitriles is 1. The highest BCUT2D eigenvalue weighted by molar-refractivity contribution is 6.09. The molecule has 8 nitrogen and oxygen atoms in total. The van der Waals surface area contributed by atoms with Crippen molar-refractivity contribution < 1.29 is 23.6 Å². The fourth-order valence-corrected chi connectivity index (χ4v) is 2.52. The van der Waals surface area contributed by atoms with Crippen LogP contribution >= 0.6 is 0 Å². The van der Waals surface area contributed by atoms with Gasteiger partial charge >= 0.3 is 5.97 Å². The Balaban J connectivity index is 1.79. The number of hydrogen-bond acceptors (Lipinski definition) is 7. The molecule has 0 bridgehead atoms. The van der Waals surface area contributed by atoms with Crippen LogP contribution in [-0.2, 0) is 4.79 Å². The van der Waals surface area contributed by atoms with E-state index < -0.39 is 11.9 Å². The van der Waals surface area contributed by atoms with Crippen molar-refractivity contribution in [3.05, 3.63) is 77.1 Å². The first-order valence-corrected chi connectivity index (χ1v) is 8.82. The summed E-state index contributed by atoms with van der Waals surface area (Å²) in [6.45, 7) is 1.68. The number of esters is 1. The van der Waals surface area contributed by atoms with Crippen LogP contribution in [0.2, 0.25) is 0 Å². The molecule has 0 saturated heterocycles. The van der Waals surface area contributed by atoms with Gasteiger partial charge in [0.05, 0.1) is 12.7 Å². The molecule has 0 spiro atoms. The number of nitrogens with zero attached hydrogens (tertiary/aromatic N) is 2. The number of hydrogen-bond donors (Lipinski definition) is 1. The number of ether oxygens (including phenoxy) is 2. The first kappa shape index (κ1) is 20.4. The predicted molar refractivity (Wildman–Crippen MR) is 108 cm³/mol. The first-order chi connectivity index (χ1) is 14.5. The third-order valence-electron chi connectivity index (χ3n) is 3.95. The van der Waals surface area contributed by atoms with E-state index in [2.05, 4.69) is 10.5 Å². The third-order valence-corrected chi connectivity index (χ3v) is 3.95. The second-order valence-electron chi connectivity index (χ2n) is 6.11. The summed E-state index contributed by atoms with van der Waals surface area (Å²) in [6, 6.07) is 16.6. The lowest BCUT2D eigenvalue weighted by Gasteiger charge is -2.10. The zero-order chi connectivity index (χ0) is 21.5. The van der Waals surface area contributed by atoms with E-state index >= 15 is 0 Å². The van der Waals surface area contributed by atoms with E-state index in [9.17, 15) is 14.9 Å². The minimum Gasteiger partial charge on any atom is -0.493 e. The van der Waals surface area contributed by atoms with E-state index in [1.807, 2.05) is 6.07 Å². The molecule has 8 heteroatoms. The van der Waals surface area contributed by atoms with E-state index in [1.165, 1.54) is 25.3 Å². The zero-order valence-electron chi connectivity index (χ0n) is 16.2. The Morgan fingerprint density at radius 1 is 1.13 bits per heavy atom. The molecule has 3 rings (SSSR count). The second kappa shape index (κ2) is 9.21. The molecule has 2 aromatic carbocycles. The summed E-state index contributed by atoms with van der Waals surface area (Å²) in [5.41, 5.74) is 0.760. The number of methoxy groups -OCH3 is 1. The van der Waals surface area contributed by atoms with Gasteiger partial charge in [0, 0.05) is 6.07 Å². The Morgan fingerprint density at radius 3 is 2.53 bits per heavy atom. The monoisotopic (exact) mass is 403 g/mol. The van der Waals surface area contributed by atoms with Crippen molar-refractivity contribution in [1.82, 2.24) is 5.16 Å². The molecule has 0 aliphatic rings. The molecule has 0 aliphatic carbocycles. The van der Waals surface area contributed by atoms with E-state index in [0.717, 1.165) is 0 Å². The average Bonchev–Trinajstić information content (AvgIpc) is 3.17. The van der Waals surface area contributed by atoms with Gasteiger partial charge in [-0.25, -0.2) is 4.79 Å². The molecular weight excluding hydrogens is 386 g/mol. The molecule has 1 amide bonds. The molecule has 0 atom stereocenters. The summed E-state index contributed by atoms with van der Waals surface area (Å²) >= 11 is 0. The Kier molecular flexibility index (Phi) is 6.25. The summed E-state index contributed by atoms with van der Waals surface area (Å²) in [7, 11) is 1.42. The van der Waals surface area contributed by atoms with Crippen LogP contribution in [0.25, 0.3) is 6.08 Å². The Morgan fingerprint density at radius 2 is 1.90 bits per heavy atom. The van der Waals surface area contributed by atoms with Gasteiger partial charge in [0.1, 0.15) is 17.4 Å². The lowest BCUT2D eigenvalue weighted by molar-refractivity contribution is -0.112. The molecule has 1 N–H and O–H groups in total. The largest absolute Gasteiger partial charge is 0.493 e.